The van der Waals surface area contributed by atoms with Crippen molar-refractivity contribution in [3.05, 3.63) is 83.9 Å². The molecule has 0 aliphatic carbocycles. The Labute approximate surface area is 195 Å². The number of anilines is 1. The van der Waals surface area contributed by atoms with Crippen LogP contribution in [0.2, 0.25) is 0 Å². The van der Waals surface area contributed by atoms with Crippen LogP contribution >= 0.6 is 0 Å². The molecule has 1 N–H and O–H groups in total. The molecule has 1 fully saturated rings. The molecule has 3 aromatic carbocycles. The van der Waals surface area contributed by atoms with Crippen molar-refractivity contribution in [3.8, 4) is 11.5 Å². The molecule has 1 saturated heterocycles. The predicted octanol–water partition coefficient (Wildman–Crippen LogP) is 5.14. The molecule has 172 valence electrons. The summed E-state index contributed by atoms with van der Waals surface area (Å²) in [6, 6.07) is 22.0. The number of nitrogens with one attached hydrogen (secondary N) is 1. The van der Waals surface area contributed by atoms with Crippen LogP contribution in [-0.2, 0) is 14.8 Å². The Balaban J connectivity index is 1.41. The van der Waals surface area contributed by atoms with Gasteiger partial charge in [-0.2, -0.15) is 4.31 Å². The molecule has 0 spiro atoms. The number of carbonyl (C=O) groups is 1. The summed E-state index contributed by atoms with van der Waals surface area (Å²) in [6.45, 7) is 4.27. The van der Waals surface area contributed by atoms with Crippen LogP contribution in [0, 0.1) is 19.8 Å². The second kappa shape index (κ2) is 9.77. The maximum atomic E-state index is 13.3. The third kappa shape index (κ3) is 5.43. The van der Waals surface area contributed by atoms with Crippen LogP contribution in [0.1, 0.15) is 24.0 Å². The number of ether oxygens (including phenoxy) is 1. The van der Waals surface area contributed by atoms with Gasteiger partial charge < -0.3 is 10.1 Å². The van der Waals surface area contributed by atoms with Crippen molar-refractivity contribution in [1.82, 2.24) is 4.31 Å². The van der Waals surface area contributed by atoms with Gasteiger partial charge in [0.1, 0.15) is 11.5 Å². The van der Waals surface area contributed by atoms with Gasteiger partial charge in [0, 0.05) is 18.8 Å². The number of amides is 1. The van der Waals surface area contributed by atoms with Crippen molar-refractivity contribution in [2.75, 3.05) is 18.4 Å². The average Bonchev–Trinajstić information content (AvgIpc) is 2.82. The summed E-state index contributed by atoms with van der Waals surface area (Å²) in [5.74, 6) is 0.829. The van der Waals surface area contributed by atoms with Crippen LogP contribution in [0.15, 0.2) is 77.7 Å². The third-order valence-corrected chi connectivity index (χ3v) is 7.82. The van der Waals surface area contributed by atoms with Gasteiger partial charge >= 0.3 is 0 Å². The molecule has 0 bridgehead atoms. The summed E-state index contributed by atoms with van der Waals surface area (Å²) < 4.78 is 33.7. The van der Waals surface area contributed by atoms with Crippen LogP contribution in [0.4, 0.5) is 5.69 Å². The van der Waals surface area contributed by atoms with Crippen molar-refractivity contribution in [2.45, 2.75) is 31.6 Å². The number of hydrogen-bond donors (Lipinski definition) is 1. The summed E-state index contributed by atoms with van der Waals surface area (Å²) in [5.41, 5.74) is 2.25. The molecule has 7 heteroatoms. The van der Waals surface area contributed by atoms with Crippen LogP contribution in [0.3, 0.4) is 0 Å². The number of piperidine rings is 1. The van der Waals surface area contributed by atoms with E-state index in [0.717, 1.165) is 11.3 Å². The molecule has 0 radical (unpaired) electrons. The first kappa shape index (κ1) is 23.0. The summed E-state index contributed by atoms with van der Waals surface area (Å²) in [5, 5.41) is 2.92. The van der Waals surface area contributed by atoms with E-state index < -0.39 is 15.9 Å². The van der Waals surface area contributed by atoms with Crippen LogP contribution < -0.4 is 10.1 Å². The zero-order valence-corrected chi connectivity index (χ0v) is 19.6. The molecular weight excluding hydrogens is 436 g/mol. The van der Waals surface area contributed by atoms with E-state index in [2.05, 4.69) is 5.32 Å². The highest BCUT2D eigenvalue weighted by Gasteiger charge is 2.34. The van der Waals surface area contributed by atoms with Gasteiger partial charge in [-0.3, -0.25) is 4.79 Å². The number of carbonyl (C=O) groups excluding carboxylic acids is 1. The van der Waals surface area contributed by atoms with Gasteiger partial charge in [0.25, 0.3) is 0 Å². The third-order valence-electron chi connectivity index (χ3n) is 5.82. The van der Waals surface area contributed by atoms with Gasteiger partial charge in [-0.1, -0.05) is 30.3 Å². The smallest absolute Gasteiger partial charge is 0.243 e. The number of hydrogen-bond acceptors (Lipinski definition) is 4. The highest BCUT2D eigenvalue weighted by Crippen LogP contribution is 2.28. The van der Waals surface area contributed by atoms with E-state index in [1.165, 1.54) is 4.31 Å². The summed E-state index contributed by atoms with van der Waals surface area (Å²) in [4.78, 5) is 13.2. The fourth-order valence-corrected chi connectivity index (χ4v) is 5.81. The Morgan fingerprint density at radius 1 is 0.970 bits per heavy atom. The molecule has 33 heavy (non-hydrogen) atoms. The molecule has 1 heterocycles. The molecule has 3 aromatic rings. The molecule has 0 unspecified atom stereocenters. The summed E-state index contributed by atoms with van der Waals surface area (Å²) in [6.07, 6.45) is 1.30. The van der Waals surface area contributed by atoms with Crippen molar-refractivity contribution in [2.24, 2.45) is 5.92 Å². The van der Waals surface area contributed by atoms with Crippen molar-refractivity contribution >= 4 is 21.6 Å². The first-order chi connectivity index (χ1) is 15.8. The van der Waals surface area contributed by atoms with E-state index >= 15 is 0 Å². The number of benzene rings is 3. The minimum Gasteiger partial charge on any atom is -0.457 e. The Morgan fingerprint density at radius 2 is 1.67 bits per heavy atom. The van der Waals surface area contributed by atoms with E-state index in [1.54, 1.807) is 37.3 Å². The SMILES string of the molecule is Cc1ccc(C)c(S(=O)(=O)N2CCC[C@H](C(=O)Nc3ccc(Oc4ccccc4)cc3)C2)c1. The zero-order chi connectivity index (χ0) is 23.4. The Bertz CT molecular complexity index is 1220. The predicted molar refractivity (Wildman–Crippen MR) is 129 cm³/mol. The summed E-state index contributed by atoms with van der Waals surface area (Å²) >= 11 is 0. The van der Waals surface area contributed by atoms with Gasteiger partial charge in [-0.05, 0) is 80.3 Å². The maximum absolute atomic E-state index is 13.3. The number of para-hydroxylation sites is 1. The lowest BCUT2D eigenvalue weighted by Crippen LogP contribution is -2.43. The number of sulfonamides is 1. The second-order valence-electron chi connectivity index (χ2n) is 8.40. The number of rotatable bonds is 6. The molecule has 0 aromatic heterocycles. The summed E-state index contributed by atoms with van der Waals surface area (Å²) in [7, 11) is -3.65. The lowest BCUT2D eigenvalue weighted by molar-refractivity contribution is -0.120. The van der Waals surface area contributed by atoms with Crippen LogP contribution in [0.25, 0.3) is 0 Å². The molecule has 4 rings (SSSR count). The highest BCUT2D eigenvalue weighted by atomic mass is 32.2. The molecule has 1 aliphatic heterocycles. The monoisotopic (exact) mass is 464 g/mol. The van der Waals surface area contributed by atoms with Crippen LogP contribution in [-0.4, -0.2) is 31.7 Å². The lowest BCUT2D eigenvalue weighted by Gasteiger charge is -2.31. The van der Waals surface area contributed by atoms with Gasteiger partial charge in [0.05, 0.1) is 10.8 Å². The number of aryl methyl sites for hydroxylation is 2. The minimum absolute atomic E-state index is 0.174. The van der Waals surface area contributed by atoms with Crippen LogP contribution in [0.5, 0.6) is 11.5 Å². The van der Waals surface area contributed by atoms with Gasteiger partial charge in [0.2, 0.25) is 15.9 Å². The first-order valence-corrected chi connectivity index (χ1v) is 12.5. The minimum atomic E-state index is -3.65. The molecule has 1 aliphatic rings. The largest absolute Gasteiger partial charge is 0.457 e. The topological polar surface area (TPSA) is 75.7 Å². The average molecular weight is 465 g/mol. The van der Waals surface area contributed by atoms with Gasteiger partial charge in [0.15, 0.2) is 0 Å². The van der Waals surface area contributed by atoms with Crippen molar-refractivity contribution < 1.29 is 17.9 Å². The standard InChI is InChI=1S/C26H28N2O4S/c1-19-10-11-20(2)25(17-19)33(30,31)28-16-6-7-21(18-28)26(29)27-22-12-14-24(15-13-22)32-23-8-4-3-5-9-23/h3-5,8-15,17,21H,6-7,16,18H2,1-2H3,(H,27,29)/t21-/m0/s1. The molecule has 1 atom stereocenters. The fourth-order valence-electron chi connectivity index (χ4n) is 3.97. The van der Waals surface area contributed by atoms with E-state index in [0.29, 0.717) is 41.3 Å². The Hall–Kier alpha value is -3.16. The first-order valence-electron chi connectivity index (χ1n) is 11.0. The molecule has 0 saturated carbocycles. The van der Waals surface area contributed by atoms with Crippen molar-refractivity contribution in [3.63, 3.8) is 0 Å². The zero-order valence-electron chi connectivity index (χ0n) is 18.8. The normalized spacial score (nSPS) is 16.8. The van der Waals surface area contributed by atoms with E-state index in [1.807, 2.05) is 49.4 Å². The van der Waals surface area contributed by atoms with E-state index in [-0.39, 0.29) is 12.5 Å². The second-order valence-corrected chi connectivity index (χ2v) is 10.3. The Morgan fingerprint density at radius 3 is 2.39 bits per heavy atom. The molecule has 1 amide bonds. The van der Waals surface area contributed by atoms with Gasteiger partial charge in [-0.15, -0.1) is 0 Å². The number of nitrogens with zero attached hydrogens (tertiary/aromatic N) is 1. The van der Waals surface area contributed by atoms with E-state index in [9.17, 15) is 13.2 Å². The quantitative estimate of drug-likeness (QED) is 0.548. The van der Waals surface area contributed by atoms with Crippen molar-refractivity contribution in [1.29, 1.82) is 0 Å². The fraction of sp³-hybridized carbons (Fsp3) is 0.269. The highest BCUT2D eigenvalue weighted by molar-refractivity contribution is 7.89. The van der Waals surface area contributed by atoms with E-state index in [4.69, 9.17) is 4.74 Å². The Kier molecular flexibility index (Phi) is 6.81. The lowest BCUT2D eigenvalue weighted by atomic mass is 9.99. The molecular formula is C26H28N2O4S. The van der Waals surface area contributed by atoms with Gasteiger partial charge in [-0.25, -0.2) is 8.42 Å². The maximum Gasteiger partial charge on any atom is 0.243 e. The molecule has 6 nitrogen and oxygen atoms in total.